The summed E-state index contributed by atoms with van der Waals surface area (Å²) in [5.74, 6) is -1.53. The summed E-state index contributed by atoms with van der Waals surface area (Å²) in [7, 11) is -6.94. The Morgan fingerprint density at radius 3 is 1.68 bits per heavy atom. The van der Waals surface area contributed by atoms with Crippen molar-refractivity contribution in [3.05, 3.63) is 12.2 Å². The van der Waals surface area contributed by atoms with Crippen molar-refractivity contribution in [3.63, 3.8) is 0 Å². The fourth-order valence-corrected chi connectivity index (χ4v) is 7.83. The molecular formula is C33H68O8Si3. The molecule has 5 atom stereocenters. The molecule has 8 nitrogen and oxygen atoms in total. The molecular weight excluding hydrogens is 609 g/mol. The Morgan fingerprint density at radius 2 is 1.25 bits per heavy atom. The fourth-order valence-electron chi connectivity index (χ4n) is 4.18. The van der Waals surface area contributed by atoms with Crippen molar-refractivity contribution in [2.45, 2.75) is 180 Å². The first-order chi connectivity index (χ1) is 19.4. The molecule has 0 spiro atoms. The van der Waals surface area contributed by atoms with Crippen LogP contribution in [0.3, 0.4) is 0 Å². The van der Waals surface area contributed by atoms with Gasteiger partial charge in [0.05, 0.1) is 25.4 Å². The largest absolute Gasteiger partial charge is 0.463 e. The van der Waals surface area contributed by atoms with Gasteiger partial charge in [-0.1, -0.05) is 68.9 Å². The van der Waals surface area contributed by atoms with Gasteiger partial charge in [0, 0.05) is 12.0 Å². The Hall–Kier alpha value is -0.379. The van der Waals surface area contributed by atoms with Crippen molar-refractivity contribution in [2.75, 3.05) is 13.2 Å². The number of aliphatic hydroxyl groups is 1. The highest BCUT2D eigenvalue weighted by molar-refractivity contribution is 6.75. The van der Waals surface area contributed by atoms with Crippen LogP contribution < -0.4 is 0 Å². The molecule has 11 heteroatoms. The van der Waals surface area contributed by atoms with Crippen molar-refractivity contribution in [1.29, 1.82) is 0 Å². The Balaban J connectivity index is 3.79. The Kier molecular flexibility index (Phi) is 13.6. The maximum absolute atomic E-state index is 12.4. The predicted octanol–water partition coefficient (Wildman–Crippen LogP) is 8.18. The lowest BCUT2D eigenvalue weighted by atomic mass is 9.96. The lowest BCUT2D eigenvalue weighted by molar-refractivity contribution is -0.164. The molecule has 0 unspecified atom stereocenters. The van der Waals surface area contributed by atoms with E-state index in [2.05, 4.69) is 108 Å². The Bertz CT molecular complexity index is 973. The average Bonchev–Trinajstić information content (AvgIpc) is 3.13. The first-order valence-electron chi connectivity index (χ1n) is 16.3. The standard InChI is InChI=1S/C33H68O8Si3/c1-20-36-29(35)23(2)21-24(34)26-28(39-33(12,13)38-26)27(41-44(18,19)32(9,10)11)25(40-43(16,17)31(6,7)8)22-37-42(14,15)30(3,4)5/h24-28,34H,2,20-22H2,1,3-19H3/t24-,25+,26+,27+,28+/m0/s1. The number of carbonyl (C=O) groups is 1. The minimum atomic E-state index is -2.42. The number of carbonyl (C=O) groups excluding carboxylic acids is 1. The van der Waals surface area contributed by atoms with E-state index in [4.69, 9.17) is 27.5 Å². The number of esters is 1. The second kappa shape index (κ2) is 14.4. The summed E-state index contributed by atoms with van der Waals surface area (Å²) < 4.78 is 39.5. The average molecular weight is 677 g/mol. The molecule has 1 saturated heterocycles. The summed E-state index contributed by atoms with van der Waals surface area (Å²) in [6.07, 6.45) is -3.68. The molecule has 0 aromatic carbocycles. The lowest BCUT2D eigenvalue weighted by Crippen LogP contribution is -2.60. The van der Waals surface area contributed by atoms with Crippen molar-refractivity contribution in [1.82, 2.24) is 0 Å². The molecule has 1 fully saturated rings. The molecule has 0 amide bonds. The quantitative estimate of drug-likeness (QED) is 0.112. The highest BCUT2D eigenvalue weighted by atomic mass is 28.4. The van der Waals surface area contributed by atoms with Crippen LogP contribution in [0, 0.1) is 0 Å². The molecule has 260 valence electrons. The lowest BCUT2D eigenvalue weighted by Gasteiger charge is -2.48. The van der Waals surface area contributed by atoms with Gasteiger partial charge in [0.1, 0.15) is 18.3 Å². The van der Waals surface area contributed by atoms with Gasteiger partial charge in [-0.15, -0.1) is 0 Å². The monoisotopic (exact) mass is 676 g/mol. The molecule has 1 aliphatic rings. The van der Waals surface area contributed by atoms with E-state index in [9.17, 15) is 9.90 Å². The van der Waals surface area contributed by atoms with Crippen LogP contribution >= 0.6 is 0 Å². The molecule has 0 bridgehead atoms. The van der Waals surface area contributed by atoms with Gasteiger partial charge >= 0.3 is 5.97 Å². The summed E-state index contributed by atoms with van der Waals surface area (Å²) in [6.45, 7) is 43.2. The van der Waals surface area contributed by atoms with Crippen LogP contribution in [0.15, 0.2) is 12.2 Å². The van der Waals surface area contributed by atoms with Crippen molar-refractivity contribution in [3.8, 4) is 0 Å². The van der Waals surface area contributed by atoms with E-state index in [1.165, 1.54) is 0 Å². The molecule has 0 radical (unpaired) electrons. The van der Waals surface area contributed by atoms with Crippen LogP contribution in [0.4, 0.5) is 0 Å². The van der Waals surface area contributed by atoms with Gasteiger partial charge < -0.3 is 32.6 Å². The summed E-state index contributed by atoms with van der Waals surface area (Å²) in [4.78, 5) is 12.4. The van der Waals surface area contributed by atoms with Crippen LogP contribution in [-0.2, 0) is 32.3 Å². The third-order valence-corrected chi connectivity index (χ3v) is 23.6. The molecule has 44 heavy (non-hydrogen) atoms. The molecule has 0 saturated carbocycles. The number of ether oxygens (including phenoxy) is 3. The fraction of sp³-hybridized carbons (Fsp3) is 0.909. The van der Waals surface area contributed by atoms with Crippen LogP contribution in [0.1, 0.15) is 89.5 Å². The zero-order valence-corrected chi connectivity index (χ0v) is 34.5. The predicted molar refractivity (Wildman–Crippen MR) is 188 cm³/mol. The first-order valence-corrected chi connectivity index (χ1v) is 25.0. The zero-order valence-electron chi connectivity index (χ0n) is 31.5. The summed E-state index contributed by atoms with van der Waals surface area (Å²) in [5, 5.41) is 11.4. The van der Waals surface area contributed by atoms with Gasteiger partial charge in [0.15, 0.2) is 30.7 Å². The van der Waals surface area contributed by atoms with Crippen molar-refractivity contribution < 1.29 is 37.4 Å². The second-order valence-corrected chi connectivity index (χ2v) is 31.8. The van der Waals surface area contributed by atoms with Gasteiger partial charge in [-0.3, -0.25) is 0 Å². The van der Waals surface area contributed by atoms with Crippen LogP contribution in [-0.4, -0.2) is 85.5 Å². The van der Waals surface area contributed by atoms with Crippen LogP contribution in [0.5, 0.6) is 0 Å². The molecule has 0 aliphatic carbocycles. The number of aliphatic hydroxyl groups excluding tert-OH is 1. The van der Waals surface area contributed by atoms with E-state index in [1.54, 1.807) is 6.92 Å². The maximum Gasteiger partial charge on any atom is 0.333 e. The summed E-state index contributed by atoms with van der Waals surface area (Å²) in [6, 6.07) is 0. The van der Waals surface area contributed by atoms with E-state index >= 15 is 0 Å². The molecule has 1 N–H and O–H groups in total. The van der Waals surface area contributed by atoms with Crippen molar-refractivity contribution in [2.24, 2.45) is 0 Å². The Morgan fingerprint density at radius 1 is 0.818 bits per heavy atom. The topological polar surface area (TPSA) is 92.7 Å². The van der Waals surface area contributed by atoms with Crippen molar-refractivity contribution >= 4 is 30.9 Å². The SMILES string of the molecule is C=C(C[C@H](O)[C@H]1OC(C)(C)O[C@H]1[C@H](O[Si](C)(C)C(C)(C)C)[C@@H](CO[Si](C)(C)C(C)(C)C)O[Si](C)(C)C(C)(C)C)C(=O)OCC. The van der Waals surface area contributed by atoms with E-state index in [0.717, 1.165) is 0 Å². The molecule has 1 rings (SSSR count). The normalized spacial score (nSPS) is 22.4. The van der Waals surface area contributed by atoms with Gasteiger partial charge in [0.25, 0.3) is 0 Å². The minimum Gasteiger partial charge on any atom is -0.463 e. The number of hydrogen-bond acceptors (Lipinski definition) is 8. The Labute approximate surface area is 273 Å². The molecule has 0 aromatic rings. The van der Waals surface area contributed by atoms with Gasteiger partial charge in [0.2, 0.25) is 0 Å². The number of rotatable bonds is 14. The van der Waals surface area contributed by atoms with E-state index in [-0.39, 0.29) is 33.7 Å². The molecule has 1 heterocycles. The zero-order chi connectivity index (χ0) is 34.9. The van der Waals surface area contributed by atoms with Crippen LogP contribution in [0.2, 0.25) is 54.4 Å². The van der Waals surface area contributed by atoms with E-state index < -0.39 is 67.2 Å². The van der Waals surface area contributed by atoms with Gasteiger partial charge in [-0.2, -0.15) is 0 Å². The third kappa shape index (κ3) is 10.8. The minimum absolute atomic E-state index is 0.00541. The van der Waals surface area contributed by atoms with Gasteiger partial charge in [-0.05, 0) is 75.2 Å². The summed E-state index contributed by atoms with van der Waals surface area (Å²) in [5.41, 5.74) is 0.184. The molecule has 0 aromatic heterocycles. The van der Waals surface area contributed by atoms with Crippen LogP contribution in [0.25, 0.3) is 0 Å². The maximum atomic E-state index is 12.4. The van der Waals surface area contributed by atoms with Gasteiger partial charge in [-0.25, -0.2) is 4.79 Å². The summed E-state index contributed by atoms with van der Waals surface area (Å²) >= 11 is 0. The highest BCUT2D eigenvalue weighted by Gasteiger charge is 2.55. The van der Waals surface area contributed by atoms with E-state index in [0.29, 0.717) is 6.61 Å². The first kappa shape index (κ1) is 41.6. The second-order valence-electron chi connectivity index (χ2n) is 17.5. The third-order valence-electron chi connectivity index (χ3n) is 10.2. The molecule has 1 aliphatic heterocycles. The smallest absolute Gasteiger partial charge is 0.333 e. The highest BCUT2D eigenvalue weighted by Crippen LogP contribution is 2.45. The van der Waals surface area contributed by atoms with E-state index in [1.807, 2.05) is 13.8 Å². The number of hydrogen-bond donors (Lipinski definition) is 1.